The third-order valence-corrected chi connectivity index (χ3v) is 3.87. The SMILES string of the molecule is Cc1cc(F)ccc1NC(=O)C(C)Cn1nc(C)c([N+](=O)[O-])c1C. The molecule has 24 heavy (non-hydrogen) atoms. The summed E-state index contributed by atoms with van der Waals surface area (Å²) in [5.41, 5.74) is 1.86. The fourth-order valence-corrected chi connectivity index (χ4v) is 2.50. The molecular formula is C16H19FN4O3. The van der Waals surface area contributed by atoms with Crippen LogP contribution in [0.5, 0.6) is 0 Å². The molecule has 0 aliphatic rings. The molecule has 1 aromatic carbocycles. The Hall–Kier alpha value is -2.77. The lowest BCUT2D eigenvalue weighted by Gasteiger charge is -2.14. The van der Waals surface area contributed by atoms with Crippen LogP contribution in [-0.4, -0.2) is 20.6 Å². The Morgan fingerprint density at radius 3 is 2.62 bits per heavy atom. The van der Waals surface area contributed by atoms with Gasteiger partial charge < -0.3 is 5.32 Å². The Morgan fingerprint density at radius 1 is 1.42 bits per heavy atom. The molecule has 0 spiro atoms. The Bertz CT molecular complexity index is 801. The van der Waals surface area contributed by atoms with Gasteiger partial charge in [-0.25, -0.2) is 4.39 Å². The Balaban J connectivity index is 2.12. The van der Waals surface area contributed by atoms with Gasteiger partial charge in [-0.1, -0.05) is 6.92 Å². The van der Waals surface area contributed by atoms with Crippen molar-refractivity contribution in [2.45, 2.75) is 34.2 Å². The van der Waals surface area contributed by atoms with Crippen LogP contribution < -0.4 is 5.32 Å². The predicted octanol–water partition coefficient (Wildman–Crippen LogP) is 3.13. The molecule has 7 nitrogen and oxygen atoms in total. The van der Waals surface area contributed by atoms with Gasteiger partial charge in [0.2, 0.25) is 5.91 Å². The molecule has 0 aliphatic heterocycles. The van der Waals surface area contributed by atoms with Crippen molar-refractivity contribution in [3.63, 3.8) is 0 Å². The van der Waals surface area contributed by atoms with E-state index in [4.69, 9.17) is 0 Å². The van der Waals surface area contributed by atoms with Crippen molar-refractivity contribution < 1.29 is 14.1 Å². The number of halogens is 1. The Morgan fingerprint density at radius 2 is 2.08 bits per heavy atom. The van der Waals surface area contributed by atoms with Crippen LogP contribution in [0.25, 0.3) is 0 Å². The summed E-state index contributed by atoms with van der Waals surface area (Å²) in [4.78, 5) is 22.9. The fourth-order valence-electron chi connectivity index (χ4n) is 2.50. The van der Waals surface area contributed by atoms with Gasteiger partial charge in [0.1, 0.15) is 17.2 Å². The summed E-state index contributed by atoms with van der Waals surface area (Å²) in [7, 11) is 0. The Labute approximate surface area is 138 Å². The van der Waals surface area contributed by atoms with Gasteiger partial charge in [0.05, 0.1) is 17.4 Å². The van der Waals surface area contributed by atoms with Gasteiger partial charge in [0, 0.05) is 5.69 Å². The van der Waals surface area contributed by atoms with Crippen molar-refractivity contribution in [3.8, 4) is 0 Å². The summed E-state index contributed by atoms with van der Waals surface area (Å²) < 4.78 is 14.6. The number of nitrogens with zero attached hydrogens (tertiary/aromatic N) is 3. The highest BCUT2D eigenvalue weighted by Crippen LogP contribution is 2.23. The summed E-state index contributed by atoms with van der Waals surface area (Å²) in [6, 6.07) is 4.12. The van der Waals surface area contributed by atoms with Crippen molar-refractivity contribution in [2.24, 2.45) is 5.92 Å². The number of anilines is 1. The lowest BCUT2D eigenvalue weighted by molar-refractivity contribution is -0.386. The second kappa shape index (κ2) is 6.77. The van der Waals surface area contributed by atoms with Crippen molar-refractivity contribution in [2.75, 3.05) is 5.32 Å². The number of rotatable bonds is 5. The maximum absolute atomic E-state index is 13.1. The van der Waals surface area contributed by atoms with Gasteiger partial charge in [-0.2, -0.15) is 5.10 Å². The van der Waals surface area contributed by atoms with Crippen LogP contribution in [0.15, 0.2) is 18.2 Å². The minimum atomic E-state index is -0.471. The van der Waals surface area contributed by atoms with Gasteiger partial charge in [-0.3, -0.25) is 19.6 Å². The van der Waals surface area contributed by atoms with Crippen LogP contribution in [0.3, 0.4) is 0 Å². The number of hydrogen-bond acceptors (Lipinski definition) is 4. The molecule has 1 unspecified atom stereocenters. The summed E-state index contributed by atoms with van der Waals surface area (Å²) in [6.45, 7) is 6.79. The summed E-state index contributed by atoms with van der Waals surface area (Å²) in [6.07, 6.45) is 0. The van der Waals surface area contributed by atoms with E-state index in [1.807, 2.05) is 0 Å². The van der Waals surface area contributed by atoms with E-state index in [1.54, 1.807) is 27.7 Å². The number of hydrogen-bond donors (Lipinski definition) is 1. The molecule has 1 heterocycles. The van der Waals surface area contributed by atoms with Crippen molar-refractivity contribution in [3.05, 3.63) is 51.1 Å². The first-order chi connectivity index (χ1) is 11.2. The van der Waals surface area contributed by atoms with E-state index in [2.05, 4.69) is 10.4 Å². The molecule has 1 atom stereocenters. The molecular weight excluding hydrogens is 315 g/mol. The first-order valence-corrected chi connectivity index (χ1v) is 7.46. The molecule has 0 fully saturated rings. The van der Waals surface area contributed by atoms with E-state index in [0.29, 0.717) is 22.6 Å². The summed E-state index contributed by atoms with van der Waals surface area (Å²) in [5, 5.41) is 17.9. The average Bonchev–Trinajstić information content (AvgIpc) is 2.76. The van der Waals surface area contributed by atoms with E-state index in [0.717, 1.165) is 0 Å². The normalized spacial score (nSPS) is 12.0. The molecule has 0 radical (unpaired) electrons. The van der Waals surface area contributed by atoms with Crippen molar-refractivity contribution in [1.82, 2.24) is 9.78 Å². The molecule has 1 N–H and O–H groups in total. The number of aromatic nitrogens is 2. The number of aryl methyl sites for hydroxylation is 2. The number of nitrogens with one attached hydrogen (secondary N) is 1. The van der Waals surface area contributed by atoms with Gasteiger partial charge in [-0.15, -0.1) is 0 Å². The minimum absolute atomic E-state index is 0.0306. The van der Waals surface area contributed by atoms with E-state index in [9.17, 15) is 19.3 Å². The number of carbonyl (C=O) groups excluding carboxylic acids is 1. The molecule has 0 aliphatic carbocycles. The lowest BCUT2D eigenvalue weighted by atomic mass is 10.1. The highest BCUT2D eigenvalue weighted by Gasteiger charge is 2.24. The smallest absolute Gasteiger partial charge is 0.312 e. The molecule has 2 aromatic rings. The van der Waals surface area contributed by atoms with Gasteiger partial charge >= 0.3 is 5.69 Å². The first kappa shape index (κ1) is 17.6. The standard InChI is InChI=1S/C16H19FN4O3/c1-9-7-13(17)5-6-14(9)18-16(22)10(2)8-20-12(4)15(21(23)24)11(3)19-20/h5-7,10H,8H2,1-4H3,(H,18,22). The van der Waals surface area contributed by atoms with E-state index < -0.39 is 10.8 Å². The van der Waals surface area contributed by atoms with E-state index in [-0.39, 0.29) is 24.0 Å². The highest BCUT2D eigenvalue weighted by atomic mass is 19.1. The molecule has 1 amide bonds. The quantitative estimate of drug-likeness (QED) is 0.672. The minimum Gasteiger partial charge on any atom is -0.326 e. The third-order valence-electron chi connectivity index (χ3n) is 3.87. The second-order valence-corrected chi connectivity index (χ2v) is 5.81. The zero-order valence-corrected chi connectivity index (χ0v) is 14.0. The number of amides is 1. The summed E-state index contributed by atoms with van der Waals surface area (Å²) in [5.74, 6) is -1.10. The zero-order chi connectivity index (χ0) is 18.0. The van der Waals surface area contributed by atoms with E-state index >= 15 is 0 Å². The number of benzene rings is 1. The molecule has 128 valence electrons. The van der Waals surface area contributed by atoms with Crippen LogP contribution in [0.2, 0.25) is 0 Å². The molecule has 8 heteroatoms. The maximum Gasteiger partial charge on any atom is 0.312 e. The van der Waals surface area contributed by atoms with Crippen LogP contribution in [-0.2, 0) is 11.3 Å². The van der Waals surface area contributed by atoms with Crippen LogP contribution in [0, 0.1) is 42.6 Å². The van der Waals surface area contributed by atoms with Gasteiger partial charge in [0.15, 0.2) is 0 Å². The first-order valence-electron chi connectivity index (χ1n) is 7.46. The summed E-state index contributed by atoms with van der Waals surface area (Å²) >= 11 is 0. The monoisotopic (exact) mass is 334 g/mol. The van der Waals surface area contributed by atoms with Crippen LogP contribution >= 0.6 is 0 Å². The molecule has 2 rings (SSSR count). The highest BCUT2D eigenvalue weighted by molar-refractivity contribution is 5.92. The van der Waals surface area contributed by atoms with Gasteiger partial charge in [0.25, 0.3) is 0 Å². The number of carbonyl (C=O) groups is 1. The molecule has 0 saturated heterocycles. The fraction of sp³-hybridized carbons (Fsp3) is 0.375. The van der Waals surface area contributed by atoms with Crippen molar-refractivity contribution in [1.29, 1.82) is 0 Å². The molecule has 0 saturated carbocycles. The maximum atomic E-state index is 13.1. The van der Waals surface area contributed by atoms with Gasteiger partial charge in [-0.05, 0) is 44.5 Å². The largest absolute Gasteiger partial charge is 0.326 e. The van der Waals surface area contributed by atoms with Crippen LogP contribution in [0.1, 0.15) is 23.9 Å². The Kier molecular flexibility index (Phi) is 4.96. The topological polar surface area (TPSA) is 90.1 Å². The number of nitro groups is 1. The second-order valence-electron chi connectivity index (χ2n) is 5.81. The van der Waals surface area contributed by atoms with Crippen molar-refractivity contribution >= 4 is 17.3 Å². The van der Waals surface area contributed by atoms with E-state index in [1.165, 1.54) is 22.9 Å². The average molecular weight is 334 g/mol. The third kappa shape index (κ3) is 3.58. The lowest BCUT2D eigenvalue weighted by Crippen LogP contribution is -2.25. The zero-order valence-electron chi connectivity index (χ0n) is 14.0. The predicted molar refractivity (Wildman–Crippen MR) is 87.3 cm³/mol. The molecule has 1 aromatic heterocycles. The molecule has 0 bridgehead atoms. The van der Waals surface area contributed by atoms with Crippen LogP contribution in [0.4, 0.5) is 15.8 Å².